The van der Waals surface area contributed by atoms with E-state index < -0.39 is 5.41 Å². The number of aromatic nitrogens is 2. The normalized spacial score (nSPS) is 36.1. The number of aromatic amines is 1. The van der Waals surface area contributed by atoms with Gasteiger partial charge < -0.3 is 10.5 Å². The molecule has 1 unspecified atom stereocenters. The molecular formula is C45H57N3O3. The summed E-state index contributed by atoms with van der Waals surface area (Å²) < 4.78 is 6.33. The molecular weight excluding hydrogens is 631 g/mol. The number of benzene rings is 2. The van der Waals surface area contributed by atoms with E-state index in [-0.39, 0.29) is 39.0 Å². The number of nitrogen functional groups attached to an aromatic ring is 1. The molecule has 0 spiro atoms. The van der Waals surface area contributed by atoms with Gasteiger partial charge in [0.1, 0.15) is 12.4 Å². The second kappa shape index (κ2) is 11.4. The van der Waals surface area contributed by atoms with Crippen LogP contribution in [0.1, 0.15) is 133 Å². The van der Waals surface area contributed by atoms with E-state index in [1.165, 1.54) is 16.7 Å². The summed E-state index contributed by atoms with van der Waals surface area (Å²) in [6.45, 7) is 17.5. The lowest BCUT2D eigenvalue weighted by molar-refractivity contribution is -0.181. The lowest BCUT2D eigenvalue weighted by atomic mass is 9.32. The summed E-state index contributed by atoms with van der Waals surface area (Å²) in [6.07, 6.45) is 9.61. The van der Waals surface area contributed by atoms with E-state index in [1.807, 2.05) is 42.5 Å². The number of H-pyrrole nitrogens is 1. The molecule has 5 aliphatic rings. The fourth-order valence-electron chi connectivity index (χ4n) is 13.2. The minimum absolute atomic E-state index is 0.0129. The first-order chi connectivity index (χ1) is 24.1. The van der Waals surface area contributed by atoms with E-state index in [2.05, 4.69) is 65.7 Å². The number of nitrogens with zero attached hydrogens (tertiary/aromatic N) is 1. The molecule has 3 N–H and O–H groups in total. The Morgan fingerprint density at radius 2 is 1.63 bits per heavy atom. The van der Waals surface area contributed by atoms with Crippen molar-refractivity contribution in [1.82, 2.24) is 10.2 Å². The molecule has 0 aliphatic heterocycles. The van der Waals surface area contributed by atoms with Gasteiger partial charge in [-0.1, -0.05) is 109 Å². The Morgan fingerprint density at radius 3 is 2.37 bits per heavy atom. The largest absolute Gasteiger partial charge is 0.460 e. The number of hydrogen-bond acceptors (Lipinski definition) is 5. The number of anilines is 1. The molecule has 0 bridgehead atoms. The fourth-order valence-corrected chi connectivity index (χ4v) is 13.2. The number of esters is 1. The van der Waals surface area contributed by atoms with Crippen LogP contribution in [-0.4, -0.2) is 22.5 Å². The number of rotatable bonds is 5. The second-order valence-electron chi connectivity index (χ2n) is 19.2. The first-order valence-electron chi connectivity index (χ1n) is 19.4. The zero-order valence-electron chi connectivity index (χ0n) is 31.8. The van der Waals surface area contributed by atoms with Crippen LogP contribution in [0.5, 0.6) is 0 Å². The summed E-state index contributed by atoms with van der Waals surface area (Å²) in [5.41, 5.74) is 13.7. The first kappa shape index (κ1) is 34.4. The highest BCUT2D eigenvalue weighted by atomic mass is 16.5. The quantitative estimate of drug-likeness (QED) is 0.206. The lowest BCUT2D eigenvalue weighted by Gasteiger charge is -2.71. The molecule has 2 aromatic carbocycles. The molecule has 5 aliphatic carbocycles. The average Bonchev–Trinajstić information content (AvgIpc) is 3.47. The van der Waals surface area contributed by atoms with Crippen molar-refractivity contribution < 1.29 is 14.3 Å². The van der Waals surface area contributed by atoms with Crippen LogP contribution in [0.25, 0.3) is 5.57 Å². The van der Waals surface area contributed by atoms with Crippen molar-refractivity contribution in [3.8, 4) is 0 Å². The number of carbonyl (C=O) groups is 2. The molecule has 6 nitrogen and oxygen atoms in total. The maximum absolute atomic E-state index is 14.8. The Balaban J connectivity index is 1.33. The summed E-state index contributed by atoms with van der Waals surface area (Å²) in [4.78, 5) is 27.6. The number of nitrogens with one attached hydrogen (secondary N) is 1. The van der Waals surface area contributed by atoms with E-state index >= 15 is 0 Å². The Morgan fingerprint density at radius 1 is 0.922 bits per heavy atom. The van der Waals surface area contributed by atoms with E-state index in [4.69, 9.17) is 15.6 Å². The third-order valence-corrected chi connectivity index (χ3v) is 16.0. The van der Waals surface area contributed by atoms with Gasteiger partial charge in [0.2, 0.25) is 0 Å². The monoisotopic (exact) mass is 687 g/mol. The van der Waals surface area contributed by atoms with Crippen LogP contribution in [0.2, 0.25) is 0 Å². The summed E-state index contributed by atoms with van der Waals surface area (Å²) in [5, 5.41) is 7.95. The molecule has 0 saturated heterocycles. The number of ether oxygens (including phenoxy) is 1. The Labute approximate surface area is 304 Å². The Hall–Kier alpha value is -3.67. The van der Waals surface area contributed by atoms with Crippen molar-refractivity contribution in [2.24, 2.45) is 44.8 Å². The van der Waals surface area contributed by atoms with Crippen LogP contribution in [0.4, 0.5) is 5.82 Å². The van der Waals surface area contributed by atoms with Gasteiger partial charge in [0.05, 0.1) is 11.1 Å². The Bertz CT molecular complexity index is 1920. The molecule has 0 radical (unpaired) electrons. The number of fused-ring (bicyclic) bond motifs is 8. The van der Waals surface area contributed by atoms with Crippen LogP contribution in [0.3, 0.4) is 0 Å². The molecule has 6 heteroatoms. The predicted octanol–water partition coefficient (Wildman–Crippen LogP) is 9.89. The van der Waals surface area contributed by atoms with Crippen molar-refractivity contribution in [3.05, 3.63) is 88.1 Å². The van der Waals surface area contributed by atoms with Crippen LogP contribution >= 0.6 is 0 Å². The second-order valence-corrected chi connectivity index (χ2v) is 19.2. The van der Waals surface area contributed by atoms with E-state index in [9.17, 15) is 9.59 Å². The minimum Gasteiger partial charge on any atom is -0.460 e. The third-order valence-electron chi connectivity index (χ3n) is 16.0. The zero-order valence-corrected chi connectivity index (χ0v) is 31.8. The molecule has 1 aromatic heterocycles. The number of aldehydes is 1. The summed E-state index contributed by atoms with van der Waals surface area (Å²) in [5.74, 6) is 1.50. The smallest absolute Gasteiger partial charge is 0.313 e. The lowest BCUT2D eigenvalue weighted by Crippen LogP contribution is -2.65. The summed E-state index contributed by atoms with van der Waals surface area (Å²) in [6, 6.07) is 18.3. The summed E-state index contributed by atoms with van der Waals surface area (Å²) >= 11 is 0. The van der Waals surface area contributed by atoms with Gasteiger partial charge in [-0.15, -0.1) is 0 Å². The van der Waals surface area contributed by atoms with E-state index in [1.54, 1.807) is 0 Å². The summed E-state index contributed by atoms with van der Waals surface area (Å²) in [7, 11) is 0. The molecule has 51 heavy (non-hydrogen) atoms. The molecule has 8 rings (SSSR count). The molecule has 3 saturated carbocycles. The SMILES string of the molecule is CC1(C)CC[C@]2(C(=O)OCc3ccccc3)CC[C@]3(C)C(=C(c4ccccc4C=O)CC4[C@@]5(C)Cc6c(n[nH]c6N)C(C)(C)[C@@H]5CC[C@]43C)[C@@H]2C1. The van der Waals surface area contributed by atoms with Crippen molar-refractivity contribution in [3.63, 3.8) is 0 Å². The van der Waals surface area contributed by atoms with Crippen molar-refractivity contribution in [1.29, 1.82) is 0 Å². The minimum atomic E-state index is -0.586. The maximum atomic E-state index is 14.8. The van der Waals surface area contributed by atoms with Gasteiger partial charge in [-0.2, -0.15) is 5.10 Å². The number of hydrogen-bond donors (Lipinski definition) is 2. The van der Waals surface area contributed by atoms with Gasteiger partial charge in [-0.25, -0.2) is 0 Å². The van der Waals surface area contributed by atoms with Crippen LogP contribution in [-0.2, 0) is 28.0 Å². The standard InChI is InChI=1S/C45H57N3O3/c1-40(2)19-21-45(39(50)51-27-28-13-9-8-10-14-28)22-20-44(7)36(33(45)25-40)31(30-16-12-11-15-29(30)26-49)23-35-42(5)24-32-37(47-48-38(32)46)41(3,4)34(42)17-18-43(35,44)6/h8-16,26,33-35H,17-25,27H2,1-7H3,(H3,46,47,48)/t33-,34-,35?,42-,43+,44+,45-/m0/s1. The fraction of sp³-hybridized carbons (Fsp3) is 0.578. The zero-order chi connectivity index (χ0) is 36.2. The molecule has 3 aromatic rings. The number of nitrogens with two attached hydrogens (primary N) is 1. The molecule has 3 fully saturated rings. The van der Waals surface area contributed by atoms with Crippen LogP contribution in [0, 0.1) is 44.8 Å². The predicted molar refractivity (Wildman–Crippen MR) is 203 cm³/mol. The van der Waals surface area contributed by atoms with Gasteiger partial charge >= 0.3 is 5.97 Å². The van der Waals surface area contributed by atoms with Gasteiger partial charge in [0.15, 0.2) is 6.29 Å². The van der Waals surface area contributed by atoms with Crippen LogP contribution in [0.15, 0.2) is 60.2 Å². The molecule has 7 atom stereocenters. The van der Waals surface area contributed by atoms with Gasteiger partial charge in [0, 0.05) is 16.5 Å². The van der Waals surface area contributed by atoms with Gasteiger partial charge in [-0.3, -0.25) is 14.7 Å². The van der Waals surface area contributed by atoms with Crippen molar-refractivity contribution in [2.45, 2.75) is 118 Å². The molecule has 270 valence electrons. The number of allylic oxidation sites excluding steroid dienone is 2. The highest BCUT2D eigenvalue weighted by molar-refractivity contribution is 5.88. The van der Waals surface area contributed by atoms with Crippen molar-refractivity contribution in [2.75, 3.05) is 5.73 Å². The highest BCUT2D eigenvalue weighted by Gasteiger charge is 2.70. The topological polar surface area (TPSA) is 98.1 Å². The van der Waals surface area contributed by atoms with E-state index in [0.29, 0.717) is 24.3 Å². The van der Waals surface area contributed by atoms with Crippen LogP contribution < -0.4 is 5.73 Å². The third kappa shape index (κ3) is 4.76. The highest BCUT2D eigenvalue weighted by Crippen LogP contribution is 2.77. The molecule has 0 amide bonds. The van der Waals surface area contributed by atoms with Gasteiger partial charge in [-0.05, 0) is 114 Å². The number of carbonyl (C=O) groups excluding carboxylic acids is 2. The Kier molecular flexibility index (Phi) is 7.70. The van der Waals surface area contributed by atoms with Crippen molar-refractivity contribution >= 4 is 23.6 Å². The molecule has 1 heterocycles. The first-order valence-corrected chi connectivity index (χ1v) is 19.4. The van der Waals surface area contributed by atoms with Gasteiger partial charge in [0.25, 0.3) is 0 Å². The van der Waals surface area contributed by atoms with E-state index in [0.717, 1.165) is 86.5 Å². The average molecular weight is 688 g/mol. The maximum Gasteiger partial charge on any atom is 0.313 e.